The number of hydrogen-bond donors (Lipinski definition) is 1. The van der Waals surface area contributed by atoms with Gasteiger partial charge in [0.25, 0.3) is 11.7 Å². The Morgan fingerprint density at radius 2 is 1.93 bits per heavy atom. The van der Waals surface area contributed by atoms with Crippen LogP contribution in [0.25, 0.3) is 5.76 Å². The molecule has 0 radical (unpaired) electrons. The summed E-state index contributed by atoms with van der Waals surface area (Å²) >= 11 is 0. The van der Waals surface area contributed by atoms with Gasteiger partial charge in [0.2, 0.25) is 0 Å². The molecule has 152 valence electrons. The van der Waals surface area contributed by atoms with Gasteiger partial charge in [-0.1, -0.05) is 19.1 Å². The lowest BCUT2D eigenvalue weighted by Crippen LogP contribution is -2.32. The van der Waals surface area contributed by atoms with Gasteiger partial charge in [0, 0.05) is 31.6 Å². The first-order valence-electron chi connectivity index (χ1n) is 9.49. The molecule has 2 heterocycles. The topological polar surface area (TPSA) is 89.0 Å². The summed E-state index contributed by atoms with van der Waals surface area (Å²) in [6.07, 6.45) is 3.90. The number of benzene rings is 1. The normalized spacial score (nSPS) is 18.3. The Morgan fingerprint density at radius 3 is 2.62 bits per heavy atom. The van der Waals surface area contributed by atoms with Crippen LogP contribution < -0.4 is 4.74 Å². The Hall–Kier alpha value is -3.19. The van der Waals surface area contributed by atoms with Gasteiger partial charge in [-0.3, -0.25) is 14.6 Å². The minimum absolute atomic E-state index is 0.0462. The molecule has 0 aliphatic carbocycles. The summed E-state index contributed by atoms with van der Waals surface area (Å²) in [7, 11) is 1.53. The van der Waals surface area contributed by atoms with E-state index in [2.05, 4.69) is 4.98 Å². The number of ether oxygens (including phenoxy) is 2. The summed E-state index contributed by atoms with van der Waals surface area (Å²) in [5.74, 6) is -0.969. The molecule has 1 fully saturated rings. The smallest absolute Gasteiger partial charge is 0.295 e. The number of methoxy groups -OCH3 is 1. The summed E-state index contributed by atoms with van der Waals surface area (Å²) < 4.78 is 10.8. The molecule has 1 saturated heterocycles. The van der Waals surface area contributed by atoms with Crippen molar-refractivity contribution in [1.29, 1.82) is 0 Å². The van der Waals surface area contributed by atoms with E-state index in [1.807, 2.05) is 25.1 Å². The van der Waals surface area contributed by atoms with Gasteiger partial charge in [-0.05, 0) is 36.2 Å². The zero-order valence-corrected chi connectivity index (χ0v) is 16.5. The van der Waals surface area contributed by atoms with Crippen LogP contribution in [0.5, 0.6) is 5.75 Å². The van der Waals surface area contributed by atoms with Gasteiger partial charge in [0.05, 0.1) is 24.8 Å². The lowest BCUT2D eigenvalue weighted by molar-refractivity contribution is -0.140. The molecule has 0 spiro atoms. The van der Waals surface area contributed by atoms with Crippen molar-refractivity contribution in [3.8, 4) is 5.75 Å². The number of Topliss-reactive ketones (excluding diaryl/α,β-unsaturated/α-hetero) is 1. The molecule has 0 bridgehead atoms. The molecule has 1 N–H and O–H groups in total. The molecule has 29 heavy (non-hydrogen) atoms. The van der Waals surface area contributed by atoms with Crippen LogP contribution in [0.15, 0.2) is 54.4 Å². The number of hydrogen-bond acceptors (Lipinski definition) is 6. The second-order valence-corrected chi connectivity index (χ2v) is 6.64. The Labute approximate surface area is 169 Å². The Balaban J connectivity index is 2.11. The van der Waals surface area contributed by atoms with Crippen LogP contribution in [-0.4, -0.2) is 53.5 Å². The van der Waals surface area contributed by atoms with Crippen LogP contribution >= 0.6 is 0 Å². The van der Waals surface area contributed by atoms with E-state index in [9.17, 15) is 14.7 Å². The van der Waals surface area contributed by atoms with Crippen molar-refractivity contribution >= 4 is 17.4 Å². The van der Waals surface area contributed by atoms with Crippen LogP contribution in [-0.2, 0) is 14.3 Å². The Kier molecular flexibility index (Phi) is 6.61. The van der Waals surface area contributed by atoms with Gasteiger partial charge in [-0.25, -0.2) is 0 Å². The predicted octanol–water partition coefficient (Wildman–Crippen LogP) is 2.94. The number of amides is 1. The van der Waals surface area contributed by atoms with Crippen LogP contribution in [0, 0.1) is 0 Å². The molecular formula is C22H24N2O5. The second kappa shape index (κ2) is 9.34. The minimum atomic E-state index is -0.733. The maximum absolute atomic E-state index is 12.8. The van der Waals surface area contributed by atoms with Crippen molar-refractivity contribution < 1.29 is 24.2 Å². The molecule has 1 aromatic carbocycles. The molecule has 0 saturated carbocycles. The first kappa shape index (κ1) is 20.5. The summed E-state index contributed by atoms with van der Waals surface area (Å²) in [6.45, 7) is 3.06. The number of ketones is 1. The van der Waals surface area contributed by atoms with Crippen molar-refractivity contribution in [2.75, 3.05) is 26.9 Å². The molecule has 3 rings (SSSR count). The SMILES string of the molecule is CCCOc1cccc(C2C(=C(O)c3ccncc3)C(=O)C(=O)N2CCOC)c1. The molecular weight excluding hydrogens is 372 g/mol. The first-order chi connectivity index (χ1) is 14.1. The fourth-order valence-corrected chi connectivity index (χ4v) is 3.31. The Morgan fingerprint density at radius 1 is 1.17 bits per heavy atom. The fourth-order valence-electron chi connectivity index (χ4n) is 3.31. The lowest BCUT2D eigenvalue weighted by atomic mass is 9.95. The van der Waals surface area contributed by atoms with Gasteiger partial charge >= 0.3 is 0 Å². The predicted molar refractivity (Wildman–Crippen MR) is 107 cm³/mol. The standard InChI is InChI=1S/C22H24N2O5/c1-3-12-29-17-6-4-5-16(14-17)19-18(20(25)15-7-9-23-10-8-15)21(26)22(27)24(19)11-13-28-2/h4-10,14,19,25H,3,11-13H2,1-2H3. The highest BCUT2D eigenvalue weighted by molar-refractivity contribution is 6.46. The van der Waals surface area contributed by atoms with E-state index in [4.69, 9.17) is 9.47 Å². The molecule has 1 unspecified atom stereocenters. The quantitative estimate of drug-likeness (QED) is 0.419. The molecule has 7 nitrogen and oxygen atoms in total. The summed E-state index contributed by atoms with van der Waals surface area (Å²) in [5, 5.41) is 10.9. The average molecular weight is 396 g/mol. The van der Waals surface area contributed by atoms with Crippen LogP contribution in [0.4, 0.5) is 0 Å². The minimum Gasteiger partial charge on any atom is -0.507 e. The van der Waals surface area contributed by atoms with E-state index in [-0.39, 0.29) is 24.5 Å². The van der Waals surface area contributed by atoms with Gasteiger partial charge in [0.15, 0.2) is 0 Å². The van der Waals surface area contributed by atoms with E-state index in [0.717, 1.165) is 6.42 Å². The highest BCUT2D eigenvalue weighted by atomic mass is 16.5. The number of likely N-dealkylation sites (tertiary alicyclic amines) is 1. The number of nitrogens with zero attached hydrogens (tertiary/aromatic N) is 2. The number of aliphatic hydroxyl groups is 1. The number of rotatable bonds is 8. The maximum Gasteiger partial charge on any atom is 0.295 e. The van der Waals surface area contributed by atoms with Crippen molar-refractivity contribution in [1.82, 2.24) is 9.88 Å². The first-order valence-corrected chi connectivity index (χ1v) is 9.49. The third-order valence-electron chi connectivity index (χ3n) is 4.68. The largest absolute Gasteiger partial charge is 0.507 e. The molecule has 1 aliphatic heterocycles. The van der Waals surface area contributed by atoms with Crippen LogP contribution in [0.1, 0.15) is 30.5 Å². The van der Waals surface area contributed by atoms with E-state index >= 15 is 0 Å². The summed E-state index contributed by atoms with van der Waals surface area (Å²) in [6, 6.07) is 9.70. The molecule has 1 amide bonds. The third kappa shape index (κ3) is 4.30. The number of carbonyl (C=O) groups is 2. The zero-order chi connectivity index (χ0) is 20.8. The third-order valence-corrected chi connectivity index (χ3v) is 4.68. The Bertz CT molecular complexity index is 910. The highest BCUT2D eigenvalue weighted by Crippen LogP contribution is 2.40. The van der Waals surface area contributed by atoms with Crippen LogP contribution in [0.2, 0.25) is 0 Å². The molecule has 1 atom stereocenters. The van der Waals surface area contributed by atoms with Crippen molar-refractivity contribution in [3.05, 3.63) is 65.5 Å². The number of carbonyl (C=O) groups excluding carboxylic acids is 2. The van der Waals surface area contributed by atoms with Crippen molar-refractivity contribution in [2.45, 2.75) is 19.4 Å². The monoisotopic (exact) mass is 396 g/mol. The fraction of sp³-hybridized carbons (Fsp3) is 0.318. The zero-order valence-electron chi connectivity index (χ0n) is 16.5. The number of aliphatic hydroxyl groups excluding tert-OH is 1. The summed E-state index contributed by atoms with van der Waals surface area (Å²) in [4.78, 5) is 30.9. The van der Waals surface area contributed by atoms with E-state index in [1.54, 1.807) is 18.2 Å². The van der Waals surface area contributed by atoms with Crippen molar-refractivity contribution in [2.24, 2.45) is 0 Å². The maximum atomic E-state index is 12.8. The second-order valence-electron chi connectivity index (χ2n) is 6.64. The van der Waals surface area contributed by atoms with Crippen LogP contribution in [0.3, 0.4) is 0 Å². The highest BCUT2D eigenvalue weighted by Gasteiger charge is 2.45. The molecule has 7 heteroatoms. The average Bonchev–Trinajstić information content (AvgIpc) is 3.01. The van der Waals surface area contributed by atoms with E-state index in [1.165, 1.54) is 24.4 Å². The molecule has 1 aliphatic rings. The van der Waals surface area contributed by atoms with E-state index < -0.39 is 17.7 Å². The number of pyridine rings is 1. The van der Waals surface area contributed by atoms with Gasteiger partial charge in [-0.15, -0.1) is 0 Å². The molecule has 2 aromatic rings. The lowest BCUT2D eigenvalue weighted by Gasteiger charge is -2.25. The van der Waals surface area contributed by atoms with E-state index in [0.29, 0.717) is 23.5 Å². The van der Waals surface area contributed by atoms with Crippen molar-refractivity contribution in [3.63, 3.8) is 0 Å². The summed E-state index contributed by atoms with van der Waals surface area (Å²) in [5.41, 5.74) is 1.16. The molecule has 1 aromatic heterocycles. The van der Waals surface area contributed by atoms with Gasteiger partial charge in [0.1, 0.15) is 11.5 Å². The number of aromatic nitrogens is 1. The van der Waals surface area contributed by atoms with Gasteiger partial charge < -0.3 is 19.5 Å². The van der Waals surface area contributed by atoms with Gasteiger partial charge in [-0.2, -0.15) is 0 Å².